The molecule has 0 aliphatic heterocycles. The number of ether oxygens (including phenoxy) is 2. The molecule has 0 saturated carbocycles. The molecule has 0 saturated heterocycles. The van der Waals surface area contributed by atoms with Crippen LogP contribution in [0.1, 0.15) is 17.5 Å². The van der Waals surface area contributed by atoms with Crippen LogP contribution in [0.5, 0.6) is 5.75 Å². The number of amides is 1. The van der Waals surface area contributed by atoms with Crippen molar-refractivity contribution >= 4 is 17.5 Å². The average molecular weight is 369 g/mol. The van der Waals surface area contributed by atoms with Gasteiger partial charge in [-0.1, -0.05) is 42.2 Å². The van der Waals surface area contributed by atoms with E-state index in [1.165, 1.54) is 19.2 Å². The number of benzene rings is 2. The predicted molar refractivity (Wildman–Crippen MR) is 100 cm³/mol. The van der Waals surface area contributed by atoms with Crippen LogP contribution in [-0.2, 0) is 11.3 Å². The van der Waals surface area contributed by atoms with Gasteiger partial charge in [0, 0.05) is 13.0 Å². The van der Waals surface area contributed by atoms with E-state index in [1.54, 1.807) is 0 Å². The molecule has 0 fully saturated rings. The number of carbonyl (C=O) groups excluding carboxylic acids is 1. The van der Waals surface area contributed by atoms with Gasteiger partial charge < -0.3 is 20.5 Å². The number of alkyl carbamates (subject to hydrolysis) is 1. The number of nitrogens with zero attached hydrogens (tertiary/aromatic N) is 1. The highest BCUT2D eigenvalue weighted by Crippen LogP contribution is 2.30. The second-order valence-electron chi connectivity index (χ2n) is 5.41. The van der Waals surface area contributed by atoms with E-state index in [0.29, 0.717) is 17.7 Å². The fourth-order valence-electron chi connectivity index (χ4n) is 2.14. The third-order valence-corrected chi connectivity index (χ3v) is 3.52. The molecule has 0 aromatic heterocycles. The monoisotopic (exact) mass is 369 g/mol. The minimum absolute atomic E-state index is 0.0245. The van der Waals surface area contributed by atoms with E-state index < -0.39 is 11.0 Å². The number of nitrogens with two attached hydrogens (primary N) is 1. The quantitative estimate of drug-likeness (QED) is 0.266. The first-order chi connectivity index (χ1) is 13.0. The predicted octanol–water partition coefficient (Wildman–Crippen LogP) is 2.85. The summed E-state index contributed by atoms with van der Waals surface area (Å²) in [6.45, 7) is 0.453. The molecule has 0 bridgehead atoms. The molecule has 27 heavy (non-hydrogen) atoms. The van der Waals surface area contributed by atoms with Crippen molar-refractivity contribution in [2.24, 2.45) is 0 Å². The molecular formula is C19H19N3O5. The van der Waals surface area contributed by atoms with Gasteiger partial charge in [-0.2, -0.15) is 0 Å². The normalized spacial score (nSPS) is 9.67. The van der Waals surface area contributed by atoms with Crippen LogP contribution in [0.2, 0.25) is 0 Å². The van der Waals surface area contributed by atoms with Crippen LogP contribution in [0.25, 0.3) is 0 Å². The zero-order valence-corrected chi connectivity index (χ0v) is 14.7. The second kappa shape index (κ2) is 9.68. The van der Waals surface area contributed by atoms with Gasteiger partial charge in [0.2, 0.25) is 0 Å². The summed E-state index contributed by atoms with van der Waals surface area (Å²) in [5.41, 5.74) is 6.68. The van der Waals surface area contributed by atoms with Crippen LogP contribution in [-0.4, -0.2) is 24.7 Å². The third kappa shape index (κ3) is 5.93. The third-order valence-electron chi connectivity index (χ3n) is 3.52. The van der Waals surface area contributed by atoms with Crippen molar-refractivity contribution < 1.29 is 19.2 Å². The maximum atomic E-state index is 11.6. The van der Waals surface area contributed by atoms with Crippen molar-refractivity contribution in [3.05, 3.63) is 63.7 Å². The summed E-state index contributed by atoms with van der Waals surface area (Å²) in [5, 5.41) is 13.6. The van der Waals surface area contributed by atoms with Gasteiger partial charge in [0.15, 0.2) is 0 Å². The number of nitro benzene ring substituents is 1. The number of hydrogen-bond acceptors (Lipinski definition) is 6. The van der Waals surface area contributed by atoms with E-state index in [4.69, 9.17) is 15.2 Å². The summed E-state index contributed by atoms with van der Waals surface area (Å²) >= 11 is 0. The van der Waals surface area contributed by atoms with Crippen molar-refractivity contribution in [2.45, 2.75) is 13.0 Å². The van der Waals surface area contributed by atoms with E-state index in [2.05, 4.69) is 17.2 Å². The lowest BCUT2D eigenvalue weighted by atomic mass is 10.1. The Morgan fingerprint density at radius 1 is 1.30 bits per heavy atom. The highest BCUT2D eigenvalue weighted by molar-refractivity contribution is 5.70. The molecule has 0 unspecified atom stereocenters. The van der Waals surface area contributed by atoms with Crippen molar-refractivity contribution in [1.82, 2.24) is 5.32 Å². The van der Waals surface area contributed by atoms with Crippen molar-refractivity contribution in [3.8, 4) is 17.6 Å². The topological polar surface area (TPSA) is 117 Å². The Labute approximate surface area is 156 Å². The molecular weight excluding hydrogens is 350 g/mol. The molecule has 140 valence electrons. The summed E-state index contributed by atoms with van der Waals surface area (Å²) in [7, 11) is 1.40. The van der Waals surface area contributed by atoms with Gasteiger partial charge in [0.05, 0.1) is 23.7 Å². The van der Waals surface area contributed by atoms with Gasteiger partial charge >= 0.3 is 6.09 Å². The lowest BCUT2D eigenvalue weighted by molar-refractivity contribution is -0.384. The summed E-state index contributed by atoms with van der Waals surface area (Å²) in [4.78, 5) is 22.0. The Balaban J connectivity index is 1.86. The van der Waals surface area contributed by atoms with Gasteiger partial charge in [-0.3, -0.25) is 10.1 Å². The van der Waals surface area contributed by atoms with Gasteiger partial charge in [-0.25, -0.2) is 4.79 Å². The summed E-state index contributed by atoms with van der Waals surface area (Å²) in [5.74, 6) is 5.87. The summed E-state index contributed by atoms with van der Waals surface area (Å²) in [6, 6.07) is 12.1. The van der Waals surface area contributed by atoms with Crippen LogP contribution < -0.4 is 15.8 Å². The number of methoxy groups -OCH3 is 1. The molecule has 2 aromatic rings. The molecule has 0 atom stereocenters. The number of anilines is 1. The first-order valence-electron chi connectivity index (χ1n) is 8.06. The Hall–Kier alpha value is -3.73. The van der Waals surface area contributed by atoms with E-state index in [-0.39, 0.29) is 24.5 Å². The number of carbonyl (C=O) groups is 1. The number of hydrogen-bond donors (Lipinski definition) is 2. The largest absolute Gasteiger partial charge is 0.496 e. The maximum Gasteiger partial charge on any atom is 0.407 e. The smallest absolute Gasteiger partial charge is 0.407 e. The molecule has 0 aliphatic carbocycles. The van der Waals surface area contributed by atoms with E-state index in [9.17, 15) is 14.9 Å². The van der Waals surface area contributed by atoms with E-state index >= 15 is 0 Å². The van der Waals surface area contributed by atoms with Gasteiger partial charge in [0.1, 0.15) is 18.0 Å². The fourth-order valence-corrected chi connectivity index (χ4v) is 2.14. The minimum atomic E-state index is -0.590. The molecule has 0 heterocycles. The van der Waals surface area contributed by atoms with Crippen molar-refractivity contribution in [1.29, 1.82) is 0 Å². The van der Waals surface area contributed by atoms with E-state index in [1.807, 2.05) is 30.3 Å². The molecule has 2 aromatic carbocycles. The molecule has 2 rings (SSSR count). The second-order valence-corrected chi connectivity index (χ2v) is 5.41. The standard InChI is InChI=1S/C19H19N3O5/c1-26-16-11-15(18(20)17(12-16)22(24)25)9-5-6-10-21-19(23)27-13-14-7-3-2-4-8-14/h2-4,7-8,11-12H,6,10,13,20H2,1H3,(H,21,23). The van der Waals surface area contributed by atoms with Crippen molar-refractivity contribution in [3.63, 3.8) is 0 Å². The fraction of sp³-hybridized carbons (Fsp3) is 0.211. The Kier molecular flexibility index (Phi) is 7.02. The molecule has 0 spiro atoms. The average Bonchev–Trinajstić information content (AvgIpc) is 2.67. The Morgan fingerprint density at radius 3 is 2.70 bits per heavy atom. The lowest BCUT2D eigenvalue weighted by Crippen LogP contribution is -2.24. The Bertz CT molecular complexity index is 872. The highest BCUT2D eigenvalue weighted by atomic mass is 16.6. The number of rotatable bonds is 6. The number of nitrogens with one attached hydrogen (secondary N) is 1. The SMILES string of the molecule is COc1cc(C#CCCNC(=O)OCc2ccccc2)c(N)c([N+](=O)[O-])c1. The van der Waals surface area contributed by atoms with Crippen LogP contribution >= 0.6 is 0 Å². The number of nitro groups is 1. The molecule has 0 aliphatic rings. The molecule has 8 heteroatoms. The van der Waals surface area contributed by atoms with Crippen molar-refractivity contribution in [2.75, 3.05) is 19.4 Å². The zero-order chi connectivity index (χ0) is 19.6. The van der Waals surface area contributed by atoms with Crippen LogP contribution in [0.4, 0.5) is 16.2 Å². The van der Waals surface area contributed by atoms with Crippen LogP contribution in [0.15, 0.2) is 42.5 Å². The molecule has 8 nitrogen and oxygen atoms in total. The van der Waals surface area contributed by atoms with E-state index in [0.717, 1.165) is 5.56 Å². The minimum Gasteiger partial charge on any atom is -0.496 e. The first-order valence-corrected chi connectivity index (χ1v) is 8.06. The maximum absolute atomic E-state index is 11.6. The van der Waals surface area contributed by atoms with Gasteiger partial charge in [0.25, 0.3) is 5.69 Å². The molecule has 0 radical (unpaired) electrons. The molecule has 3 N–H and O–H groups in total. The zero-order valence-electron chi connectivity index (χ0n) is 14.7. The van der Waals surface area contributed by atoms with Crippen LogP contribution in [0, 0.1) is 22.0 Å². The first kappa shape index (κ1) is 19.6. The van der Waals surface area contributed by atoms with Gasteiger partial charge in [-0.15, -0.1) is 0 Å². The molecule has 1 amide bonds. The lowest BCUT2D eigenvalue weighted by Gasteiger charge is -2.05. The highest BCUT2D eigenvalue weighted by Gasteiger charge is 2.16. The Morgan fingerprint density at radius 2 is 2.04 bits per heavy atom. The summed E-state index contributed by atoms with van der Waals surface area (Å²) in [6.07, 6.45) is -0.220. The summed E-state index contributed by atoms with van der Waals surface area (Å²) < 4.78 is 10.1. The van der Waals surface area contributed by atoms with Crippen LogP contribution in [0.3, 0.4) is 0 Å². The number of nitrogen functional groups attached to an aromatic ring is 1. The van der Waals surface area contributed by atoms with Gasteiger partial charge in [-0.05, 0) is 11.6 Å².